The van der Waals surface area contributed by atoms with Crippen LogP contribution in [-0.2, 0) is 6.54 Å². The fourth-order valence-corrected chi connectivity index (χ4v) is 2.27. The zero-order chi connectivity index (χ0) is 16.8. The molecular weight excluding hydrogens is 290 g/mol. The number of aryl methyl sites for hydroxylation is 1. The Morgan fingerprint density at radius 1 is 1.17 bits per heavy atom. The van der Waals surface area contributed by atoms with Gasteiger partial charge in [0, 0.05) is 18.3 Å². The Hall–Kier alpha value is -2.43. The van der Waals surface area contributed by atoms with E-state index in [1.165, 1.54) is 22.4 Å². The summed E-state index contributed by atoms with van der Waals surface area (Å²) in [4.78, 5) is 23.9. The molecule has 0 aliphatic heterocycles. The Kier molecular flexibility index (Phi) is 5.68. The SMILES string of the molecule is CCCn1nc(C(=O)Nc2ccc(C(C)CC)cc2)ccc1=O. The van der Waals surface area contributed by atoms with Crippen LogP contribution in [-0.4, -0.2) is 15.7 Å². The quantitative estimate of drug-likeness (QED) is 0.888. The molecule has 0 saturated carbocycles. The van der Waals surface area contributed by atoms with Gasteiger partial charge >= 0.3 is 0 Å². The maximum Gasteiger partial charge on any atom is 0.276 e. The lowest BCUT2D eigenvalue weighted by Crippen LogP contribution is -2.26. The lowest BCUT2D eigenvalue weighted by atomic mass is 9.99. The molecular formula is C18H23N3O2. The number of rotatable bonds is 6. The highest BCUT2D eigenvalue weighted by Gasteiger charge is 2.10. The predicted molar refractivity (Wildman–Crippen MR) is 91.9 cm³/mol. The van der Waals surface area contributed by atoms with Crippen LogP contribution in [0.4, 0.5) is 5.69 Å². The van der Waals surface area contributed by atoms with E-state index in [0.29, 0.717) is 12.5 Å². The molecule has 1 aromatic carbocycles. The molecule has 23 heavy (non-hydrogen) atoms. The monoisotopic (exact) mass is 313 g/mol. The topological polar surface area (TPSA) is 64.0 Å². The van der Waals surface area contributed by atoms with Crippen molar-refractivity contribution >= 4 is 11.6 Å². The normalized spacial score (nSPS) is 12.0. The van der Waals surface area contributed by atoms with Gasteiger partial charge in [-0.2, -0.15) is 5.10 Å². The van der Waals surface area contributed by atoms with Crippen molar-refractivity contribution in [2.45, 2.75) is 46.1 Å². The summed E-state index contributed by atoms with van der Waals surface area (Å²) in [5, 5.41) is 6.92. The summed E-state index contributed by atoms with van der Waals surface area (Å²) in [5.41, 5.74) is 2.02. The third-order valence-corrected chi connectivity index (χ3v) is 3.88. The van der Waals surface area contributed by atoms with Gasteiger partial charge < -0.3 is 5.32 Å². The van der Waals surface area contributed by atoms with Gasteiger partial charge in [0.2, 0.25) is 0 Å². The number of hydrogen-bond acceptors (Lipinski definition) is 3. The summed E-state index contributed by atoms with van der Waals surface area (Å²) in [5.74, 6) is 0.185. The van der Waals surface area contributed by atoms with Gasteiger partial charge in [-0.25, -0.2) is 4.68 Å². The zero-order valence-corrected chi connectivity index (χ0v) is 13.9. The molecule has 1 aromatic heterocycles. The molecule has 0 radical (unpaired) electrons. The maximum atomic E-state index is 12.3. The van der Waals surface area contributed by atoms with Crippen LogP contribution in [0.5, 0.6) is 0 Å². The van der Waals surface area contributed by atoms with Gasteiger partial charge in [-0.15, -0.1) is 0 Å². The first kappa shape index (κ1) is 16.9. The van der Waals surface area contributed by atoms with Crippen LogP contribution in [0.25, 0.3) is 0 Å². The third-order valence-electron chi connectivity index (χ3n) is 3.88. The second kappa shape index (κ2) is 7.72. The van der Waals surface area contributed by atoms with E-state index < -0.39 is 0 Å². The van der Waals surface area contributed by atoms with Crippen molar-refractivity contribution in [3.63, 3.8) is 0 Å². The van der Waals surface area contributed by atoms with Crippen LogP contribution in [0.15, 0.2) is 41.2 Å². The molecule has 0 aliphatic rings. The average molecular weight is 313 g/mol. The molecule has 1 heterocycles. The van der Waals surface area contributed by atoms with Crippen molar-refractivity contribution < 1.29 is 4.79 Å². The summed E-state index contributed by atoms with van der Waals surface area (Å²) in [6, 6.07) is 10.7. The summed E-state index contributed by atoms with van der Waals surface area (Å²) < 4.78 is 1.32. The summed E-state index contributed by atoms with van der Waals surface area (Å²) in [7, 11) is 0. The molecule has 0 fully saturated rings. The molecule has 2 aromatic rings. The standard InChI is InChI=1S/C18H23N3O2/c1-4-12-21-17(22)11-10-16(20-21)18(23)19-15-8-6-14(7-9-15)13(3)5-2/h6-11,13H,4-5,12H2,1-3H3,(H,19,23). The van der Waals surface area contributed by atoms with E-state index in [1.807, 2.05) is 31.2 Å². The minimum absolute atomic E-state index is 0.193. The Labute approximate surface area is 136 Å². The molecule has 1 amide bonds. The second-order valence-electron chi connectivity index (χ2n) is 5.67. The molecule has 0 saturated heterocycles. The van der Waals surface area contributed by atoms with Crippen LogP contribution in [0.2, 0.25) is 0 Å². The fourth-order valence-electron chi connectivity index (χ4n) is 2.27. The van der Waals surface area contributed by atoms with Gasteiger partial charge in [-0.3, -0.25) is 9.59 Å². The predicted octanol–water partition coefficient (Wildman–Crippen LogP) is 3.42. The van der Waals surface area contributed by atoms with Crippen molar-refractivity contribution in [2.24, 2.45) is 0 Å². The Balaban J connectivity index is 2.12. The molecule has 122 valence electrons. The molecule has 0 bridgehead atoms. The van der Waals surface area contributed by atoms with Crippen molar-refractivity contribution in [1.29, 1.82) is 0 Å². The van der Waals surface area contributed by atoms with E-state index in [4.69, 9.17) is 0 Å². The Morgan fingerprint density at radius 2 is 1.87 bits per heavy atom. The number of hydrogen-bond donors (Lipinski definition) is 1. The van der Waals surface area contributed by atoms with Gasteiger partial charge in [0.05, 0.1) is 0 Å². The maximum absolute atomic E-state index is 12.3. The number of benzene rings is 1. The van der Waals surface area contributed by atoms with E-state index in [9.17, 15) is 9.59 Å². The number of carbonyl (C=O) groups is 1. The molecule has 1 atom stereocenters. The van der Waals surface area contributed by atoms with E-state index in [-0.39, 0.29) is 17.2 Å². The van der Waals surface area contributed by atoms with E-state index in [1.54, 1.807) is 0 Å². The number of anilines is 1. The van der Waals surface area contributed by atoms with Gasteiger partial charge in [0.25, 0.3) is 11.5 Å². The van der Waals surface area contributed by atoms with Crippen molar-refractivity contribution in [1.82, 2.24) is 9.78 Å². The number of carbonyl (C=O) groups excluding carboxylic acids is 1. The summed E-state index contributed by atoms with van der Waals surface area (Å²) >= 11 is 0. The van der Waals surface area contributed by atoms with Gasteiger partial charge in [0.1, 0.15) is 5.69 Å². The average Bonchev–Trinajstić information content (AvgIpc) is 2.57. The van der Waals surface area contributed by atoms with Gasteiger partial charge in [-0.05, 0) is 42.5 Å². The number of nitrogens with one attached hydrogen (secondary N) is 1. The summed E-state index contributed by atoms with van der Waals surface area (Å²) in [6.45, 7) is 6.79. The first-order valence-corrected chi connectivity index (χ1v) is 8.04. The highest BCUT2D eigenvalue weighted by Crippen LogP contribution is 2.20. The molecule has 1 unspecified atom stereocenters. The zero-order valence-electron chi connectivity index (χ0n) is 13.9. The number of amides is 1. The van der Waals surface area contributed by atoms with Crippen molar-refractivity contribution in [2.75, 3.05) is 5.32 Å². The number of aromatic nitrogens is 2. The highest BCUT2D eigenvalue weighted by atomic mass is 16.2. The lowest BCUT2D eigenvalue weighted by molar-refractivity contribution is 0.102. The van der Waals surface area contributed by atoms with Gasteiger partial charge in [-0.1, -0.05) is 32.9 Å². The molecule has 0 aliphatic carbocycles. The molecule has 0 spiro atoms. The highest BCUT2D eigenvalue weighted by molar-refractivity contribution is 6.02. The number of nitrogens with zero attached hydrogens (tertiary/aromatic N) is 2. The molecule has 5 nitrogen and oxygen atoms in total. The lowest BCUT2D eigenvalue weighted by Gasteiger charge is -2.11. The Bertz CT molecular complexity index is 720. The van der Waals surface area contributed by atoms with Crippen LogP contribution in [0.1, 0.15) is 55.6 Å². The molecule has 1 N–H and O–H groups in total. The molecule has 5 heteroatoms. The Morgan fingerprint density at radius 3 is 2.48 bits per heavy atom. The fraction of sp³-hybridized carbons (Fsp3) is 0.389. The van der Waals surface area contributed by atoms with E-state index >= 15 is 0 Å². The minimum atomic E-state index is -0.314. The van der Waals surface area contributed by atoms with Gasteiger partial charge in [0.15, 0.2) is 0 Å². The van der Waals surface area contributed by atoms with E-state index in [2.05, 4.69) is 24.3 Å². The second-order valence-corrected chi connectivity index (χ2v) is 5.67. The first-order chi connectivity index (χ1) is 11.0. The summed E-state index contributed by atoms with van der Waals surface area (Å²) in [6.07, 6.45) is 1.86. The largest absolute Gasteiger partial charge is 0.321 e. The minimum Gasteiger partial charge on any atom is -0.321 e. The molecule has 2 rings (SSSR count). The van der Waals surface area contributed by atoms with Crippen molar-refractivity contribution in [3.8, 4) is 0 Å². The first-order valence-electron chi connectivity index (χ1n) is 8.04. The van der Waals surface area contributed by atoms with Crippen LogP contribution in [0, 0.1) is 0 Å². The van der Waals surface area contributed by atoms with Crippen LogP contribution >= 0.6 is 0 Å². The van der Waals surface area contributed by atoms with E-state index in [0.717, 1.165) is 18.5 Å². The van der Waals surface area contributed by atoms with Crippen LogP contribution in [0.3, 0.4) is 0 Å². The third kappa shape index (κ3) is 4.28. The van der Waals surface area contributed by atoms with Crippen LogP contribution < -0.4 is 10.9 Å². The smallest absolute Gasteiger partial charge is 0.276 e. The van der Waals surface area contributed by atoms with Crippen molar-refractivity contribution in [3.05, 3.63) is 58.0 Å².